The number of hydrogen-bond donors (Lipinski definition) is 1. The maximum atomic E-state index is 11.2. The van der Waals surface area contributed by atoms with Crippen LogP contribution < -0.4 is 5.11 Å². The van der Waals surface area contributed by atoms with Gasteiger partial charge in [-0.3, -0.25) is 9.78 Å². The average Bonchev–Trinajstić information content (AvgIpc) is 2.05. The Balaban J connectivity index is 2.94. The Bertz CT molecular complexity index is 313. The summed E-state index contributed by atoms with van der Waals surface area (Å²) < 4.78 is 0.630. The van der Waals surface area contributed by atoms with Crippen molar-refractivity contribution < 1.29 is 9.91 Å². The maximum Gasteiger partial charge on any atom is 0.227 e. The van der Waals surface area contributed by atoms with Crippen LogP contribution in [0.4, 0.5) is 0 Å². The molecule has 1 N–H and O–H groups in total. The van der Waals surface area contributed by atoms with E-state index in [2.05, 4.69) is 20.9 Å². The molecule has 0 unspecified atom stereocenters. The molecule has 1 aromatic rings. The van der Waals surface area contributed by atoms with Gasteiger partial charge in [-0.15, -0.1) is 0 Å². The zero-order valence-electron chi connectivity index (χ0n) is 6.12. The van der Waals surface area contributed by atoms with Crippen molar-refractivity contribution in [3.63, 3.8) is 0 Å². The number of pyridine rings is 1. The van der Waals surface area contributed by atoms with Gasteiger partial charge in [0.25, 0.3) is 0 Å². The highest BCUT2D eigenvalue weighted by Gasteiger charge is 2.09. The molecular weight excluding hydrogens is 222 g/mol. The third kappa shape index (κ3) is 1.94. The molecule has 0 saturated carbocycles. The normalized spacial score (nSPS) is 9.42. The molecule has 1 aromatic heterocycles. The van der Waals surface area contributed by atoms with Gasteiger partial charge < -0.3 is 10.6 Å². The minimum atomic E-state index is -0.188. The van der Waals surface area contributed by atoms with E-state index in [9.17, 15) is 4.79 Å². The number of rotatable bonds is 3. The molecule has 5 heteroatoms. The van der Waals surface area contributed by atoms with Crippen LogP contribution in [-0.4, -0.2) is 17.3 Å². The van der Waals surface area contributed by atoms with Gasteiger partial charge in [0.2, 0.25) is 5.78 Å². The quantitative estimate of drug-likeness (QED) is 0.590. The van der Waals surface area contributed by atoms with Crippen LogP contribution in [0.1, 0.15) is 10.4 Å². The zero-order chi connectivity index (χ0) is 8.97. The first kappa shape index (κ1) is 8.99. The molecule has 0 aliphatic carbocycles. The van der Waals surface area contributed by atoms with Gasteiger partial charge >= 0.3 is 0 Å². The van der Waals surface area contributed by atoms with Crippen molar-refractivity contribution in [2.75, 3.05) is 6.54 Å². The standard InChI is InChI=1S/C7H6BrN3O/c8-6-3-10-2-1-5(6)7(12)4-11-9/h1-3,11H,4H2. The molecule has 0 fully saturated rings. The first-order valence-electron chi connectivity index (χ1n) is 3.25. The lowest BCUT2D eigenvalue weighted by molar-refractivity contribution is -0.465. The first-order valence-corrected chi connectivity index (χ1v) is 4.04. The van der Waals surface area contributed by atoms with E-state index in [1.165, 1.54) is 12.4 Å². The van der Waals surface area contributed by atoms with E-state index in [0.29, 0.717) is 10.0 Å². The monoisotopic (exact) mass is 227 g/mol. The van der Waals surface area contributed by atoms with Gasteiger partial charge in [0.05, 0.1) is 0 Å². The number of carbonyl (C=O) groups excluding carboxylic acids is 1. The molecule has 0 atom stereocenters. The Morgan fingerprint density at radius 1 is 1.75 bits per heavy atom. The zero-order valence-corrected chi connectivity index (χ0v) is 7.71. The van der Waals surface area contributed by atoms with E-state index in [-0.39, 0.29) is 12.3 Å². The molecule has 0 spiro atoms. The van der Waals surface area contributed by atoms with E-state index < -0.39 is 0 Å². The first-order chi connectivity index (χ1) is 5.75. The van der Waals surface area contributed by atoms with Gasteiger partial charge in [-0.2, -0.15) is 0 Å². The molecule has 12 heavy (non-hydrogen) atoms. The molecule has 0 aliphatic rings. The van der Waals surface area contributed by atoms with Crippen molar-refractivity contribution in [3.8, 4) is 0 Å². The van der Waals surface area contributed by atoms with Crippen molar-refractivity contribution >= 4 is 21.7 Å². The second kappa shape index (κ2) is 4.06. The van der Waals surface area contributed by atoms with E-state index in [0.717, 1.165) is 0 Å². The van der Waals surface area contributed by atoms with Crippen LogP contribution in [-0.2, 0) is 0 Å². The summed E-state index contributed by atoms with van der Waals surface area (Å²) in [5, 5.41) is 1.80. The fourth-order valence-electron chi connectivity index (χ4n) is 0.768. The van der Waals surface area contributed by atoms with Crippen LogP contribution >= 0.6 is 15.9 Å². The number of carbonyl (C=O) groups is 1. The third-order valence-electron chi connectivity index (χ3n) is 1.31. The topological polar surface area (TPSA) is 66.2 Å². The van der Waals surface area contributed by atoms with Crippen molar-refractivity contribution in [2.45, 2.75) is 0 Å². The van der Waals surface area contributed by atoms with Crippen LogP contribution in [0.25, 0.3) is 5.53 Å². The Morgan fingerprint density at radius 3 is 3.08 bits per heavy atom. The lowest BCUT2D eigenvalue weighted by Gasteiger charge is -1.97. The highest BCUT2D eigenvalue weighted by Crippen LogP contribution is 2.13. The predicted molar refractivity (Wildman–Crippen MR) is 45.5 cm³/mol. The summed E-state index contributed by atoms with van der Waals surface area (Å²) >= 11 is 3.17. The van der Waals surface area contributed by atoms with Crippen LogP contribution in [0.15, 0.2) is 22.9 Å². The largest absolute Gasteiger partial charge is 0.508 e. The lowest BCUT2D eigenvalue weighted by Crippen LogP contribution is -2.65. The number of nitrogens with one attached hydrogen (secondary N) is 1. The van der Waals surface area contributed by atoms with E-state index in [1.54, 1.807) is 11.2 Å². The molecule has 1 rings (SSSR count). The van der Waals surface area contributed by atoms with E-state index in [4.69, 9.17) is 5.53 Å². The number of halogens is 1. The summed E-state index contributed by atoms with van der Waals surface area (Å²) in [5.41, 5.74) is 8.79. The van der Waals surface area contributed by atoms with Gasteiger partial charge in [-0.1, -0.05) is 0 Å². The van der Waals surface area contributed by atoms with Crippen LogP contribution in [0, 0.1) is 0 Å². The molecule has 4 nitrogen and oxygen atoms in total. The molecule has 62 valence electrons. The Morgan fingerprint density at radius 2 is 2.50 bits per heavy atom. The predicted octanol–water partition coefficient (Wildman–Crippen LogP) is 0.129. The summed E-state index contributed by atoms with van der Waals surface area (Å²) in [7, 11) is 0. The highest BCUT2D eigenvalue weighted by atomic mass is 79.9. The maximum absolute atomic E-state index is 11.2. The van der Waals surface area contributed by atoms with Crippen LogP contribution in [0.3, 0.4) is 0 Å². The van der Waals surface area contributed by atoms with Crippen LogP contribution in [0.5, 0.6) is 0 Å². The fraction of sp³-hybridized carbons (Fsp3) is 0.143. The minimum absolute atomic E-state index is 0.0946. The van der Waals surface area contributed by atoms with Gasteiger partial charge in [0, 0.05) is 22.4 Å². The SMILES string of the molecule is [N-]=[NH+]CC(=O)c1ccncc1Br. The number of Topliss-reactive ketones (excluding diaryl/α,β-unsaturated/α-hetero) is 1. The van der Waals surface area contributed by atoms with Gasteiger partial charge in [-0.25, -0.2) is 0 Å². The van der Waals surface area contributed by atoms with Crippen molar-refractivity contribution in [1.82, 2.24) is 4.98 Å². The van der Waals surface area contributed by atoms with Crippen molar-refractivity contribution in [2.24, 2.45) is 0 Å². The summed E-state index contributed by atoms with van der Waals surface area (Å²) in [6, 6.07) is 1.59. The average molecular weight is 228 g/mol. The summed E-state index contributed by atoms with van der Waals surface area (Å²) in [6.45, 7) is -0.0946. The van der Waals surface area contributed by atoms with Gasteiger partial charge in [0.1, 0.15) is 0 Å². The molecule has 0 aliphatic heterocycles. The van der Waals surface area contributed by atoms with Gasteiger partial charge in [0.15, 0.2) is 6.54 Å². The number of aromatic nitrogens is 1. The summed E-state index contributed by atoms with van der Waals surface area (Å²) in [6.07, 6.45) is 3.06. The second-order valence-electron chi connectivity index (χ2n) is 2.11. The molecular formula is C7H6BrN3O. The second-order valence-corrected chi connectivity index (χ2v) is 2.97. The molecule has 0 saturated heterocycles. The molecule has 0 aromatic carbocycles. The Kier molecular flexibility index (Phi) is 3.04. The Hall–Kier alpha value is -1.10. The molecule has 1 heterocycles. The van der Waals surface area contributed by atoms with E-state index >= 15 is 0 Å². The number of ketones is 1. The van der Waals surface area contributed by atoms with E-state index in [1.807, 2.05) is 0 Å². The Labute approximate surface area is 77.6 Å². The van der Waals surface area contributed by atoms with Crippen molar-refractivity contribution in [1.29, 1.82) is 0 Å². The minimum Gasteiger partial charge on any atom is -0.508 e. The summed E-state index contributed by atoms with van der Waals surface area (Å²) in [5.74, 6) is -0.188. The highest BCUT2D eigenvalue weighted by molar-refractivity contribution is 9.10. The molecule has 0 bridgehead atoms. The number of nitrogens with zero attached hydrogens (tertiary/aromatic N) is 2. The molecule has 0 amide bonds. The fourth-order valence-corrected chi connectivity index (χ4v) is 1.24. The smallest absolute Gasteiger partial charge is 0.227 e. The third-order valence-corrected chi connectivity index (χ3v) is 1.94. The molecule has 0 radical (unpaired) electrons. The van der Waals surface area contributed by atoms with Gasteiger partial charge in [-0.05, 0) is 22.0 Å². The van der Waals surface area contributed by atoms with Crippen LogP contribution in [0.2, 0.25) is 0 Å². The number of hydrogen-bond acceptors (Lipinski definition) is 2. The summed E-state index contributed by atoms with van der Waals surface area (Å²) in [4.78, 5) is 15.0. The lowest BCUT2D eigenvalue weighted by atomic mass is 10.2. The van der Waals surface area contributed by atoms with Crippen molar-refractivity contribution in [3.05, 3.63) is 34.0 Å².